The van der Waals surface area contributed by atoms with Crippen molar-refractivity contribution in [2.75, 3.05) is 24.5 Å². The summed E-state index contributed by atoms with van der Waals surface area (Å²) in [6.45, 7) is 2.99. The molecular formula is C29H28ClFN4O2. The van der Waals surface area contributed by atoms with Crippen molar-refractivity contribution in [2.45, 2.75) is 24.8 Å². The minimum atomic E-state index is -0.456. The fraction of sp³-hybridized carbons (Fsp3) is 0.276. The molecule has 1 atom stereocenters. The largest absolute Gasteiger partial charge is 0.507 e. The lowest BCUT2D eigenvalue weighted by molar-refractivity contribution is 0.419. The van der Waals surface area contributed by atoms with Crippen LogP contribution in [0.15, 0.2) is 71.8 Å². The zero-order chi connectivity index (χ0) is 25.7. The molecule has 2 fully saturated rings. The van der Waals surface area contributed by atoms with Gasteiger partial charge in [0, 0.05) is 54.9 Å². The number of aromatic nitrogens is 2. The molecule has 3 heterocycles. The van der Waals surface area contributed by atoms with E-state index in [0.29, 0.717) is 27.4 Å². The maximum atomic E-state index is 14.9. The number of hydrogen-bond donors (Lipinski definition) is 2. The number of anilines is 1. The molecule has 1 unspecified atom stereocenters. The number of aryl methyl sites for hydroxylation is 1. The van der Waals surface area contributed by atoms with Gasteiger partial charge in [-0.1, -0.05) is 29.8 Å². The van der Waals surface area contributed by atoms with E-state index in [-0.39, 0.29) is 17.0 Å². The van der Waals surface area contributed by atoms with Gasteiger partial charge in [-0.3, -0.25) is 4.57 Å². The van der Waals surface area contributed by atoms with Gasteiger partial charge >= 0.3 is 5.69 Å². The third-order valence-electron chi connectivity index (χ3n) is 7.75. The van der Waals surface area contributed by atoms with E-state index in [1.54, 1.807) is 37.6 Å². The van der Waals surface area contributed by atoms with E-state index in [2.05, 4.69) is 16.3 Å². The summed E-state index contributed by atoms with van der Waals surface area (Å²) in [4.78, 5) is 14.7. The molecule has 190 valence electrons. The summed E-state index contributed by atoms with van der Waals surface area (Å²) in [7, 11) is 1.66. The number of nitrogens with zero attached hydrogens (tertiary/aromatic N) is 3. The molecule has 37 heavy (non-hydrogen) atoms. The highest BCUT2D eigenvalue weighted by atomic mass is 35.5. The van der Waals surface area contributed by atoms with Crippen LogP contribution in [0.3, 0.4) is 0 Å². The van der Waals surface area contributed by atoms with Crippen molar-refractivity contribution in [1.29, 1.82) is 0 Å². The normalized spacial score (nSPS) is 19.3. The molecule has 2 aliphatic rings. The van der Waals surface area contributed by atoms with E-state index in [1.165, 1.54) is 34.1 Å². The van der Waals surface area contributed by atoms with Crippen LogP contribution in [0.1, 0.15) is 19.3 Å². The van der Waals surface area contributed by atoms with Gasteiger partial charge in [0.2, 0.25) is 0 Å². The second-order valence-electron chi connectivity index (χ2n) is 10.1. The molecule has 2 N–H and O–H groups in total. The monoisotopic (exact) mass is 518 g/mol. The molecule has 1 aromatic heterocycles. The number of phenols is 1. The summed E-state index contributed by atoms with van der Waals surface area (Å²) < 4.78 is 17.8. The number of hydrogen-bond acceptors (Lipinski definition) is 4. The minimum Gasteiger partial charge on any atom is -0.507 e. The van der Waals surface area contributed by atoms with Gasteiger partial charge in [-0.25, -0.2) is 9.18 Å². The Kier molecular flexibility index (Phi) is 5.85. The first-order valence-corrected chi connectivity index (χ1v) is 12.9. The molecule has 0 amide bonds. The highest BCUT2D eigenvalue weighted by molar-refractivity contribution is 6.32. The van der Waals surface area contributed by atoms with Crippen LogP contribution >= 0.6 is 11.6 Å². The lowest BCUT2D eigenvalue weighted by Crippen LogP contribution is -2.42. The zero-order valence-electron chi connectivity index (χ0n) is 20.5. The Bertz CT molecular complexity index is 1550. The van der Waals surface area contributed by atoms with E-state index in [1.807, 2.05) is 18.2 Å². The maximum Gasteiger partial charge on any atom is 0.332 e. The predicted octanol–water partition coefficient (Wildman–Crippen LogP) is 5.34. The average molecular weight is 519 g/mol. The van der Waals surface area contributed by atoms with Crippen LogP contribution in [0.4, 0.5) is 10.1 Å². The number of imidazole rings is 1. The van der Waals surface area contributed by atoms with E-state index >= 15 is 0 Å². The molecule has 8 heteroatoms. The van der Waals surface area contributed by atoms with Crippen LogP contribution in [0.2, 0.25) is 5.02 Å². The minimum absolute atomic E-state index is 0.0189. The Labute approximate surface area is 219 Å². The van der Waals surface area contributed by atoms with Crippen LogP contribution in [-0.4, -0.2) is 39.4 Å². The quantitative estimate of drug-likeness (QED) is 0.383. The van der Waals surface area contributed by atoms with Crippen LogP contribution < -0.4 is 15.9 Å². The Hall–Kier alpha value is -3.55. The molecule has 6 nitrogen and oxygen atoms in total. The Balaban J connectivity index is 1.35. The number of rotatable bonds is 4. The smallest absolute Gasteiger partial charge is 0.332 e. The lowest BCUT2D eigenvalue weighted by Gasteiger charge is -2.25. The first kappa shape index (κ1) is 23.8. The summed E-state index contributed by atoms with van der Waals surface area (Å²) in [5.41, 5.74) is 3.61. The van der Waals surface area contributed by atoms with Gasteiger partial charge in [0.1, 0.15) is 11.6 Å². The van der Waals surface area contributed by atoms with Crippen molar-refractivity contribution in [1.82, 2.24) is 14.5 Å². The third kappa shape index (κ3) is 4.22. The van der Waals surface area contributed by atoms with Gasteiger partial charge < -0.3 is 19.9 Å². The molecule has 2 saturated heterocycles. The van der Waals surface area contributed by atoms with Gasteiger partial charge in [0.25, 0.3) is 0 Å². The van der Waals surface area contributed by atoms with E-state index in [0.717, 1.165) is 37.3 Å². The van der Waals surface area contributed by atoms with Crippen LogP contribution in [0, 0.1) is 5.82 Å². The van der Waals surface area contributed by atoms with Gasteiger partial charge in [-0.2, -0.15) is 0 Å². The molecule has 3 aromatic carbocycles. The van der Waals surface area contributed by atoms with Crippen molar-refractivity contribution in [3.8, 4) is 33.7 Å². The van der Waals surface area contributed by atoms with Crippen LogP contribution in [0.25, 0.3) is 27.9 Å². The highest BCUT2D eigenvalue weighted by Crippen LogP contribution is 2.42. The lowest BCUT2D eigenvalue weighted by atomic mass is 9.96. The van der Waals surface area contributed by atoms with Crippen molar-refractivity contribution in [2.24, 2.45) is 7.05 Å². The Morgan fingerprint density at radius 1 is 1.03 bits per heavy atom. The Morgan fingerprint density at radius 2 is 1.81 bits per heavy atom. The Morgan fingerprint density at radius 3 is 2.49 bits per heavy atom. The molecular weight excluding hydrogens is 491 g/mol. The fourth-order valence-electron chi connectivity index (χ4n) is 5.74. The first-order valence-electron chi connectivity index (χ1n) is 12.5. The van der Waals surface area contributed by atoms with Crippen molar-refractivity contribution < 1.29 is 9.50 Å². The summed E-state index contributed by atoms with van der Waals surface area (Å²) in [5, 5.41) is 15.3. The van der Waals surface area contributed by atoms with Gasteiger partial charge in [0.05, 0.1) is 10.7 Å². The number of halogens is 2. The maximum absolute atomic E-state index is 14.9. The second kappa shape index (κ2) is 9.08. The molecule has 0 bridgehead atoms. The van der Waals surface area contributed by atoms with Crippen LogP contribution in [0.5, 0.6) is 5.75 Å². The van der Waals surface area contributed by atoms with Crippen molar-refractivity contribution in [3.05, 3.63) is 88.3 Å². The predicted molar refractivity (Wildman–Crippen MR) is 145 cm³/mol. The number of benzene rings is 3. The molecule has 4 aromatic rings. The van der Waals surface area contributed by atoms with E-state index in [4.69, 9.17) is 11.6 Å². The molecule has 0 radical (unpaired) electrons. The second-order valence-corrected chi connectivity index (χ2v) is 10.5. The molecule has 0 saturated carbocycles. The third-order valence-corrected chi connectivity index (χ3v) is 8.05. The molecule has 0 aliphatic carbocycles. The van der Waals surface area contributed by atoms with Gasteiger partial charge in [-0.05, 0) is 73.3 Å². The summed E-state index contributed by atoms with van der Waals surface area (Å²) in [6, 6.07) is 15.7. The van der Waals surface area contributed by atoms with E-state index < -0.39 is 5.82 Å². The molecule has 6 rings (SSSR count). The molecule has 1 spiro atoms. The standard InChI is InChI=1S/C29H28ClFN4O2/c1-33-12-13-35(28(33)37)26-7-6-20(15-25(26)30)24-17-21(31)16-23(27(24)36)19-4-2-5-22(14-19)34-11-9-29(18-34)8-3-10-32-29/h2,4-7,12-17,32,36H,3,8-11,18H2,1H3. The fourth-order valence-corrected chi connectivity index (χ4v) is 6.01. The highest BCUT2D eigenvalue weighted by Gasteiger charge is 2.40. The first-order chi connectivity index (χ1) is 17.8. The molecule has 2 aliphatic heterocycles. The van der Waals surface area contributed by atoms with Crippen LogP contribution in [-0.2, 0) is 7.05 Å². The van der Waals surface area contributed by atoms with Gasteiger partial charge in [0.15, 0.2) is 0 Å². The zero-order valence-corrected chi connectivity index (χ0v) is 21.3. The SMILES string of the molecule is Cn1ccn(-c2ccc(-c3cc(F)cc(-c4cccc(N5CCC6(CCCN6)C5)c4)c3O)cc2Cl)c1=O. The summed E-state index contributed by atoms with van der Waals surface area (Å²) in [5.74, 6) is -0.474. The number of phenolic OH excluding ortho intramolecular Hbond substituents is 1. The summed E-state index contributed by atoms with van der Waals surface area (Å²) in [6.07, 6.45) is 6.80. The topological polar surface area (TPSA) is 62.4 Å². The van der Waals surface area contributed by atoms with Crippen molar-refractivity contribution >= 4 is 17.3 Å². The van der Waals surface area contributed by atoms with E-state index in [9.17, 15) is 14.3 Å². The van der Waals surface area contributed by atoms with Gasteiger partial charge in [-0.15, -0.1) is 0 Å². The number of aromatic hydroxyl groups is 1. The average Bonchev–Trinajstić information content (AvgIpc) is 3.63. The van der Waals surface area contributed by atoms with Crippen molar-refractivity contribution in [3.63, 3.8) is 0 Å². The number of nitrogens with one attached hydrogen (secondary N) is 1. The summed E-state index contributed by atoms with van der Waals surface area (Å²) >= 11 is 6.53.